The highest BCUT2D eigenvalue weighted by molar-refractivity contribution is 8.01. The van der Waals surface area contributed by atoms with E-state index in [2.05, 4.69) is 26.1 Å². The zero-order chi connectivity index (χ0) is 15.9. The smallest absolute Gasteiger partial charge is 0.410 e. The van der Waals surface area contributed by atoms with E-state index in [1.54, 1.807) is 0 Å². The summed E-state index contributed by atoms with van der Waals surface area (Å²) in [5, 5.41) is 4.40. The highest BCUT2D eigenvalue weighted by Crippen LogP contribution is 2.45. The topological polar surface area (TPSA) is 41.6 Å². The minimum atomic E-state index is -0.436. The SMILES string of the molecule is CC1CCNC2(CCN(C(=O)OC(C)(C)C)C(C)(C)C2)S1. The van der Waals surface area contributed by atoms with Gasteiger partial charge in [0.2, 0.25) is 0 Å². The van der Waals surface area contributed by atoms with Gasteiger partial charge in [0.05, 0.1) is 4.87 Å². The molecule has 0 bridgehead atoms. The molecule has 2 aliphatic heterocycles. The van der Waals surface area contributed by atoms with Crippen LogP contribution in [0.4, 0.5) is 4.79 Å². The molecule has 2 fully saturated rings. The average Bonchev–Trinajstić information content (AvgIpc) is 2.23. The van der Waals surface area contributed by atoms with E-state index in [9.17, 15) is 4.79 Å². The third-order valence-corrected chi connectivity index (χ3v) is 5.81. The monoisotopic (exact) mass is 314 g/mol. The number of hydrogen-bond donors (Lipinski definition) is 1. The molecule has 122 valence electrons. The van der Waals surface area contributed by atoms with E-state index in [0.717, 1.165) is 25.9 Å². The molecule has 2 unspecified atom stereocenters. The minimum absolute atomic E-state index is 0.125. The molecule has 2 atom stereocenters. The molecule has 0 aromatic carbocycles. The van der Waals surface area contributed by atoms with Crippen LogP contribution in [0.3, 0.4) is 0 Å². The van der Waals surface area contributed by atoms with Crippen LogP contribution in [0.5, 0.6) is 0 Å². The summed E-state index contributed by atoms with van der Waals surface area (Å²) in [6, 6.07) is 0. The summed E-state index contributed by atoms with van der Waals surface area (Å²) in [7, 11) is 0. The molecular weight excluding hydrogens is 284 g/mol. The Labute approximate surface area is 133 Å². The van der Waals surface area contributed by atoms with Crippen LogP contribution < -0.4 is 5.32 Å². The van der Waals surface area contributed by atoms with Crippen molar-refractivity contribution in [3.63, 3.8) is 0 Å². The number of amides is 1. The largest absolute Gasteiger partial charge is 0.444 e. The lowest BCUT2D eigenvalue weighted by Crippen LogP contribution is -2.63. The third kappa shape index (κ3) is 4.07. The summed E-state index contributed by atoms with van der Waals surface area (Å²) in [5.41, 5.74) is -0.619. The van der Waals surface area contributed by atoms with E-state index >= 15 is 0 Å². The van der Waals surface area contributed by atoms with Gasteiger partial charge in [0.15, 0.2) is 0 Å². The molecular formula is C16H30N2O2S. The predicted molar refractivity (Wildman–Crippen MR) is 88.7 cm³/mol. The van der Waals surface area contributed by atoms with E-state index < -0.39 is 5.60 Å². The summed E-state index contributed by atoms with van der Waals surface area (Å²) in [6.45, 7) is 14.2. The number of carbonyl (C=O) groups excluding carboxylic acids is 1. The van der Waals surface area contributed by atoms with Crippen LogP contribution in [-0.4, -0.2) is 45.3 Å². The van der Waals surface area contributed by atoms with E-state index in [-0.39, 0.29) is 16.5 Å². The number of rotatable bonds is 0. The van der Waals surface area contributed by atoms with Crippen LogP contribution in [0.25, 0.3) is 0 Å². The Morgan fingerprint density at radius 1 is 1.38 bits per heavy atom. The van der Waals surface area contributed by atoms with Crippen molar-refractivity contribution in [3.05, 3.63) is 0 Å². The summed E-state index contributed by atoms with van der Waals surface area (Å²) >= 11 is 2.05. The van der Waals surface area contributed by atoms with Crippen LogP contribution in [0.2, 0.25) is 0 Å². The number of carbonyl (C=O) groups is 1. The van der Waals surface area contributed by atoms with Gasteiger partial charge in [0.25, 0.3) is 0 Å². The Morgan fingerprint density at radius 3 is 2.57 bits per heavy atom. The minimum Gasteiger partial charge on any atom is -0.444 e. The van der Waals surface area contributed by atoms with E-state index in [0.29, 0.717) is 5.25 Å². The van der Waals surface area contributed by atoms with Crippen LogP contribution in [0, 0.1) is 0 Å². The maximum Gasteiger partial charge on any atom is 0.410 e. The zero-order valence-electron chi connectivity index (χ0n) is 14.3. The van der Waals surface area contributed by atoms with Crippen LogP contribution in [0.15, 0.2) is 0 Å². The normalized spacial score (nSPS) is 33.0. The van der Waals surface area contributed by atoms with Crippen molar-refractivity contribution in [1.29, 1.82) is 0 Å². The molecule has 0 saturated carbocycles. The number of piperidine rings is 1. The zero-order valence-corrected chi connectivity index (χ0v) is 15.1. The summed E-state index contributed by atoms with van der Waals surface area (Å²) < 4.78 is 5.57. The maximum absolute atomic E-state index is 12.4. The van der Waals surface area contributed by atoms with Crippen molar-refractivity contribution in [1.82, 2.24) is 10.2 Å². The molecule has 1 spiro atoms. The molecule has 0 aromatic heterocycles. The standard InChI is InChI=1S/C16H30N2O2S/c1-12-7-9-17-16(21-12)8-10-18(15(5,6)11-16)13(19)20-14(2,3)4/h12,17H,7-11H2,1-6H3. The van der Waals surface area contributed by atoms with Crippen molar-refractivity contribution >= 4 is 17.9 Å². The number of hydrogen-bond acceptors (Lipinski definition) is 4. The number of thioether (sulfide) groups is 1. The highest BCUT2D eigenvalue weighted by Gasteiger charge is 2.48. The molecule has 5 heteroatoms. The number of nitrogens with one attached hydrogen (secondary N) is 1. The van der Waals surface area contributed by atoms with Crippen molar-refractivity contribution < 1.29 is 9.53 Å². The Hall–Kier alpha value is -0.420. The lowest BCUT2D eigenvalue weighted by Gasteiger charge is -2.53. The first-order chi connectivity index (χ1) is 9.53. The molecule has 2 aliphatic rings. The van der Waals surface area contributed by atoms with Crippen LogP contribution in [-0.2, 0) is 4.74 Å². The van der Waals surface area contributed by atoms with Crippen molar-refractivity contribution in [3.8, 4) is 0 Å². The second-order valence-electron chi connectivity index (χ2n) is 8.01. The van der Waals surface area contributed by atoms with Gasteiger partial charge in [0.1, 0.15) is 5.60 Å². The van der Waals surface area contributed by atoms with Gasteiger partial charge in [-0.15, -0.1) is 11.8 Å². The summed E-state index contributed by atoms with van der Waals surface area (Å²) in [4.78, 5) is 14.5. The van der Waals surface area contributed by atoms with Gasteiger partial charge in [-0.25, -0.2) is 4.79 Å². The average molecular weight is 314 g/mol. The lowest BCUT2D eigenvalue weighted by atomic mass is 9.86. The molecule has 21 heavy (non-hydrogen) atoms. The van der Waals surface area contributed by atoms with Gasteiger partial charge < -0.3 is 15.0 Å². The molecule has 4 nitrogen and oxygen atoms in total. The van der Waals surface area contributed by atoms with E-state index in [1.165, 1.54) is 6.42 Å². The van der Waals surface area contributed by atoms with E-state index in [4.69, 9.17) is 4.74 Å². The fourth-order valence-corrected chi connectivity index (χ4v) is 5.21. The predicted octanol–water partition coefficient (Wildman–Crippen LogP) is 3.61. The fraction of sp³-hybridized carbons (Fsp3) is 0.938. The van der Waals surface area contributed by atoms with Gasteiger partial charge in [-0.1, -0.05) is 6.92 Å². The van der Waals surface area contributed by atoms with Crippen LogP contribution in [0.1, 0.15) is 60.8 Å². The lowest BCUT2D eigenvalue weighted by molar-refractivity contribution is -0.0138. The molecule has 2 saturated heterocycles. The first-order valence-electron chi connectivity index (χ1n) is 7.97. The second kappa shape index (κ2) is 5.65. The summed E-state index contributed by atoms with van der Waals surface area (Å²) in [6.07, 6.45) is 3.00. The first-order valence-corrected chi connectivity index (χ1v) is 8.85. The Morgan fingerprint density at radius 2 is 2.05 bits per heavy atom. The van der Waals surface area contributed by atoms with Gasteiger partial charge in [0, 0.05) is 17.3 Å². The van der Waals surface area contributed by atoms with Crippen molar-refractivity contribution in [2.75, 3.05) is 13.1 Å². The molecule has 1 amide bonds. The summed E-state index contributed by atoms with van der Waals surface area (Å²) in [5.74, 6) is 0. The van der Waals surface area contributed by atoms with Gasteiger partial charge in [-0.05, 0) is 60.4 Å². The number of ether oxygens (including phenoxy) is 1. The highest BCUT2D eigenvalue weighted by atomic mass is 32.2. The third-order valence-electron chi connectivity index (χ3n) is 4.23. The first kappa shape index (κ1) is 16.9. The Kier molecular flexibility index (Phi) is 4.56. The molecule has 2 heterocycles. The second-order valence-corrected chi connectivity index (χ2v) is 9.83. The molecule has 0 radical (unpaired) electrons. The quantitative estimate of drug-likeness (QED) is 0.741. The number of nitrogens with zero attached hydrogens (tertiary/aromatic N) is 1. The Balaban J connectivity index is 2.07. The Bertz CT molecular complexity index is 406. The fourth-order valence-electron chi connectivity index (χ4n) is 3.37. The van der Waals surface area contributed by atoms with Crippen molar-refractivity contribution in [2.24, 2.45) is 0 Å². The van der Waals surface area contributed by atoms with E-state index in [1.807, 2.05) is 37.4 Å². The maximum atomic E-state index is 12.4. The van der Waals surface area contributed by atoms with Crippen LogP contribution >= 0.6 is 11.8 Å². The molecule has 1 N–H and O–H groups in total. The van der Waals surface area contributed by atoms with Gasteiger partial charge in [-0.3, -0.25) is 0 Å². The van der Waals surface area contributed by atoms with Crippen molar-refractivity contribution in [2.45, 2.75) is 82.1 Å². The molecule has 0 aromatic rings. The van der Waals surface area contributed by atoms with Gasteiger partial charge >= 0.3 is 6.09 Å². The molecule has 0 aliphatic carbocycles. The van der Waals surface area contributed by atoms with Gasteiger partial charge in [-0.2, -0.15) is 0 Å². The molecule has 2 rings (SSSR count). The number of likely N-dealkylation sites (tertiary alicyclic amines) is 1.